The van der Waals surface area contributed by atoms with Crippen LogP contribution in [0.1, 0.15) is 39.8 Å². The van der Waals surface area contributed by atoms with Crippen molar-refractivity contribution in [2.45, 2.75) is 19.8 Å². The Kier molecular flexibility index (Phi) is 6.02. The Bertz CT molecular complexity index is 1540. The maximum Gasteiger partial charge on any atom is 0.168 e. The Labute approximate surface area is 201 Å². The van der Waals surface area contributed by atoms with Gasteiger partial charge in [-0.1, -0.05) is 31.2 Å². The lowest BCUT2D eigenvalue weighted by atomic mass is 9.96. The first-order valence-corrected chi connectivity index (χ1v) is 11.3. The lowest BCUT2D eigenvalue weighted by Gasteiger charge is -2.06. The van der Waals surface area contributed by atoms with Gasteiger partial charge < -0.3 is 4.42 Å². The van der Waals surface area contributed by atoms with Crippen molar-refractivity contribution in [3.63, 3.8) is 0 Å². The number of benzene rings is 3. The number of hydrogen-bond acceptors (Lipinski definition) is 5. The van der Waals surface area contributed by atoms with Gasteiger partial charge in [-0.15, -0.1) is 0 Å². The van der Waals surface area contributed by atoms with E-state index in [0.717, 1.165) is 11.1 Å². The van der Waals surface area contributed by atoms with Crippen molar-refractivity contribution in [3.05, 3.63) is 108 Å². The molecule has 0 aliphatic carbocycles. The molecule has 2 heterocycles. The third kappa shape index (κ3) is 4.51. The molecular weight excluding hydrogens is 443 g/mol. The van der Waals surface area contributed by atoms with E-state index in [1.165, 1.54) is 18.5 Å². The molecule has 3 aromatic carbocycles. The molecule has 35 heavy (non-hydrogen) atoms. The zero-order valence-electron chi connectivity index (χ0n) is 19.0. The second-order valence-electron chi connectivity index (χ2n) is 8.18. The van der Waals surface area contributed by atoms with Crippen LogP contribution in [0.15, 0.2) is 89.7 Å². The first kappa shape index (κ1) is 22.3. The first-order chi connectivity index (χ1) is 17.0. The van der Waals surface area contributed by atoms with Crippen molar-refractivity contribution in [1.82, 2.24) is 9.97 Å². The number of hydrogen-bond donors (Lipinski definition) is 0. The number of halogens is 1. The van der Waals surface area contributed by atoms with Crippen LogP contribution in [-0.2, 0) is 6.42 Å². The van der Waals surface area contributed by atoms with E-state index in [-0.39, 0.29) is 23.8 Å². The number of carbonyl (C=O) groups excluding carboxylic acids is 2. The van der Waals surface area contributed by atoms with E-state index in [1.807, 2.05) is 36.4 Å². The van der Waals surface area contributed by atoms with Gasteiger partial charge in [-0.3, -0.25) is 9.59 Å². The quantitative estimate of drug-likeness (QED) is 0.250. The summed E-state index contributed by atoms with van der Waals surface area (Å²) in [5.41, 5.74) is 4.62. The van der Waals surface area contributed by atoms with E-state index in [4.69, 9.17) is 4.42 Å². The Morgan fingerprint density at radius 2 is 1.66 bits per heavy atom. The molecule has 0 saturated carbocycles. The zero-order valence-corrected chi connectivity index (χ0v) is 19.0. The van der Waals surface area contributed by atoms with Gasteiger partial charge in [-0.05, 0) is 59.7 Å². The first-order valence-electron chi connectivity index (χ1n) is 11.3. The molecule has 0 spiro atoms. The fourth-order valence-electron chi connectivity index (χ4n) is 4.10. The van der Waals surface area contributed by atoms with Crippen LogP contribution >= 0.6 is 0 Å². The fourth-order valence-corrected chi connectivity index (χ4v) is 4.10. The fraction of sp³-hybridized carbons (Fsp3) is 0.103. The SMILES string of the molecule is CCC(=O)c1c(-c2ccc(F)cc2)oc2ccc(-c3cccc(C(=O)Cc4ccncn4)c3)cc12. The van der Waals surface area contributed by atoms with Crippen molar-refractivity contribution >= 4 is 22.5 Å². The minimum Gasteiger partial charge on any atom is -0.455 e. The minimum absolute atomic E-state index is 0.0459. The van der Waals surface area contributed by atoms with Crippen LogP contribution in [0.5, 0.6) is 0 Å². The monoisotopic (exact) mass is 464 g/mol. The van der Waals surface area contributed by atoms with Crippen LogP contribution in [0.25, 0.3) is 33.4 Å². The lowest BCUT2D eigenvalue weighted by Crippen LogP contribution is -2.05. The number of fused-ring (bicyclic) bond motifs is 1. The van der Waals surface area contributed by atoms with Crippen LogP contribution in [0.3, 0.4) is 0 Å². The molecule has 2 aromatic heterocycles. The van der Waals surface area contributed by atoms with E-state index in [9.17, 15) is 14.0 Å². The number of rotatable bonds is 7. The number of aromatic nitrogens is 2. The van der Waals surface area contributed by atoms with Crippen molar-refractivity contribution in [1.29, 1.82) is 0 Å². The average molecular weight is 464 g/mol. The van der Waals surface area contributed by atoms with Crippen molar-refractivity contribution < 1.29 is 18.4 Å². The summed E-state index contributed by atoms with van der Waals surface area (Å²) in [5, 5.41) is 0.686. The molecule has 172 valence electrons. The maximum atomic E-state index is 13.5. The molecule has 5 nitrogen and oxygen atoms in total. The highest BCUT2D eigenvalue weighted by molar-refractivity contribution is 6.12. The normalized spacial score (nSPS) is 11.0. The highest BCUT2D eigenvalue weighted by Gasteiger charge is 2.21. The smallest absolute Gasteiger partial charge is 0.168 e. The highest BCUT2D eigenvalue weighted by atomic mass is 19.1. The summed E-state index contributed by atoms with van der Waals surface area (Å²) in [6.45, 7) is 1.80. The predicted molar refractivity (Wildman–Crippen MR) is 132 cm³/mol. The standard InChI is InChI=1S/C29H21FN2O3/c1-2-25(33)28-24-15-20(8-11-27(24)35-29(28)18-6-9-22(30)10-7-18)19-4-3-5-21(14-19)26(34)16-23-12-13-31-17-32-23/h3-15,17H,2,16H2,1H3. The maximum absolute atomic E-state index is 13.5. The summed E-state index contributed by atoms with van der Waals surface area (Å²) in [4.78, 5) is 33.8. The molecule has 0 amide bonds. The molecular formula is C29H21FN2O3. The zero-order chi connectivity index (χ0) is 24.4. The molecule has 0 bridgehead atoms. The van der Waals surface area contributed by atoms with Crippen LogP contribution < -0.4 is 0 Å². The molecule has 0 saturated heterocycles. The van der Waals surface area contributed by atoms with Crippen LogP contribution in [-0.4, -0.2) is 21.5 Å². The molecule has 0 fully saturated rings. The number of carbonyl (C=O) groups is 2. The van der Waals surface area contributed by atoms with E-state index >= 15 is 0 Å². The summed E-state index contributed by atoms with van der Waals surface area (Å²) < 4.78 is 19.5. The topological polar surface area (TPSA) is 73.1 Å². The Morgan fingerprint density at radius 1 is 0.886 bits per heavy atom. The van der Waals surface area contributed by atoms with Crippen molar-refractivity contribution in [2.75, 3.05) is 0 Å². The lowest BCUT2D eigenvalue weighted by molar-refractivity contribution is 0.0982. The molecule has 0 atom stereocenters. The third-order valence-corrected chi connectivity index (χ3v) is 5.90. The molecule has 0 radical (unpaired) electrons. The molecule has 5 aromatic rings. The summed E-state index contributed by atoms with van der Waals surface area (Å²) in [6.07, 6.45) is 3.53. The molecule has 6 heteroatoms. The number of nitrogens with zero attached hydrogens (tertiary/aromatic N) is 2. The average Bonchev–Trinajstić information content (AvgIpc) is 3.28. The van der Waals surface area contributed by atoms with Gasteiger partial charge in [0.25, 0.3) is 0 Å². The van der Waals surface area contributed by atoms with E-state index < -0.39 is 0 Å². The number of ketones is 2. The van der Waals surface area contributed by atoms with Crippen LogP contribution in [0.4, 0.5) is 4.39 Å². The van der Waals surface area contributed by atoms with Gasteiger partial charge in [-0.25, -0.2) is 14.4 Å². The second-order valence-corrected chi connectivity index (χ2v) is 8.18. The van der Waals surface area contributed by atoms with E-state index in [0.29, 0.717) is 45.5 Å². The van der Waals surface area contributed by atoms with Crippen LogP contribution in [0.2, 0.25) is 0 Å². The van der Waals surface area contributed by atoms with Gasteiger partial charge in [0.1, 0.15) is 23.5 Å². The van der Waals surface area contributed by atoms with Gasteiger partial charge in [0.15, 0.2) is 11.6 Å². The second kappa shape index (κ2) is 9.43. The molecule has 0 aliphatic heterocycles. The van der Waals surface area contributed by atoms with Gasteiger partial charge >= 0.3 is 0 Å². The molecule has 0 aliphatic rings. The number of furan rings is 1. The summed E-state index contributed by atoms with van der Waals surface area (Å²) in [5.74, 6) is -0.0353. The molecule has 0 unspecified atom stereocenters. The number of Topliss-reactive ketones (excluding diaryl/α,β-unsaturated/α-hetero) is 2. The summed E-state index contributed by atoms with van der Waals surface area (Å²) >= 11 is 0. The molecule has 0 N–H and O–H groups in total. The minimum atomic E-state index is -0.357. The van der Waals surface area contributed by atoms with Gasteiger partial charge in [0.2, 0.25) is 0 Å². The predicted octanol–water partition coefficient (Wildman–Crippen LogP) is 6.71. The molecule has 5 rings (SSSR count). The Balaban J connectivity index is 1.55. The van der Waals surface area contributed by atoms with Crippen LogP contribution in [0, 0.1) is 5.82 Å². The Hall–Kier alpha value is -4.45. The van der Waals surface area contributed by atoms with Gasteiger partial charge in [0, 0.05) is 29.1 Å². The van der Waals surface area contributed by atoms with Crippen molar-refractivity contribution in [2.24, 2.45) is 0 Å². The summed E-state index contributed by atoms with van der Waals surface area (Å²) in [7, 11) is 0. The van der Waals surface area contributed by atoms with Gasteiger partial charge in [0.05, 0.1) is 17.7 Å². The van der Waals surface area contributed by atoms with Crippen molar-refractivity contribution in [3.8, 4) is 22.5 Å². The third-order valence-electron chi connectivity index (χ3n) is 5.90. The Morgan fingerprint density at radius 3 is 2.40 bits per heavy atom. The summed E-state index contributed by atoms with van der Waals surface area (Å²) in [6, 6.07) is 20.6. The van der Waals surface area contributed by atoms with E-state index in [2.05, 4.69) is 9.97 Å². The van der Waals surface area contributed by atoms with E-state index in [1.54, 1.807) is 37.4 Å². The highest BCUT2D eigenvalue weighted by Crippen LogP contribution is 2.37. The van der Waals surface area contributed by atoms with Gasteiger partial charge in [-0.2, -0.15) is 0 Å². The largest absolute Gasteiger partial charge is 0.455 e.